The topological polar surface area (TPSA) is 110 Å². The van der Waals surface area contributed by atoms with Crippen molar-refractivity contribution in [1.29, 1.82) is 0 Å². The van der Waals surface area contributed by atoms with E-state index in [1.54, 1.807) is 26.8 Å². The Kier molecular flexibility index (Phi) is 9.49. The molecule has 12 heteroatoms. The molecule has 2 aromatic rings. The van der Waals surface area contributed by atoms with Crippen LogP contribution in [0.2, 0.25) is 0 Å². The fraction of sp³-hybridized carbons (Fsp3) is 0.478. The summed E-state index contributed by atoms with van der Waals surface area (Å²) in [5.41, 5.74) is -1.88. The molecular weight excluding hydrogens is 507 g/mol. The van der Waals surface area contributed by atoms with E-state index in [1.165, 1.54) is 11.3 Å². The lowest BCUT2D eigenvalue weighted by molar-refractivity contribution is -0.157. The van der Waals surface area contributed by atoms with Gasteiger partial charge in [0.25, 0.3) is 0 Å². The van der Waals surface area contributed by atoms with Gasteiger partial charge in [0.05, 0.1) is 10.5 Å². The van der Waals surface area contributed by atoms with Crippen LogP contribution in [0.25, 0.3) is 0 Å². The minimum Gasteiger partial charge on any atom is -0.481 e. The zero-order valence-electron chi connectivity index (χ0n) is 19.5. The number of aliphatic carboxylic acids is 1. The van der Waals surface area contributed by atoms with Gasteiger partial charge in [-0.2, -0.15) is 17.9 Å². The summed E-state index contributed by atoms with van der Waals surface area (Å²) >= 11 is 1.37. The summed E-state index contributed by atoms with van der Waals surface area (Å²) in [4.78, 5) is 24.7. The number of esters is 1. The second-order valence-electron chi connectivity index (χ2n) is 8.90. The van der Waals surface area contributed by atoms with Crippen molar-refractivity contribution in [3.8, 4) is 0 Å². The molecule has 1 aromatic heterocycles. The minimum absolute atomic E-state index is 0.0193. The van der Waals surface area contributed by atoms with E-state index in [2.05, 4.69) is 4.72 Å². The number of thiophene rings is 1. The molecule has 2 rings (SSSR count). The number of benzene rings is 1. The van der Waals surface area contributed by atoms with Crippen molar-refractivity contribution in [3.05, 3.63) is 51.7 Å². The lowest BCUT2D eigenvalue weighted by atomic mass is 10.1. The molecule has 0 unspecified atom stereocenters. The highest BCUT2D eigenvalue weighted by Gasteiger charge is 2.33. The van der Waals surface area contributed by atoms with Crippen LogP contribution in [-0.2, 0) is 43.4 Å². The quantitative estimate of drug-likeness (QED) is 0.316. The van der Waals surface area contributed by atoms with Gasteiger partial charge in [-0.15, -0.1) is 11.3 Å². The zero-order valence-corrected chi connectivity index (χ0v) is 21.1. The molecule has 194 valence electrons. The summed E-state index contributed by atoms with van der Waals surface area (Å²) in [5, 5.41) is 8.72. The predicted octanol–water partition coefficient (Wildman–Crippen LogP) is 4.80. The molecule has 0 aliphatic carbocycles. The molecule has 0 spiro atoms. The van der Waals surface area contributed by atoms with Crippen LogP contribution < -0.4 is 4.72 Å². The van der Waals surface area contributed by atoms with Gasteiger partial charge >= 0.3 is 18.1 Å². The molecular formula is C23H28F3NO6S2. The maximum absolute atomic E-state index is 12.9. The number of carboxylic acid groups (broad SMARTS) is 1. The van der Waals surface area contributed by atoms with Crippen LogP contribution in [0.15, 0.2) is 41.3 Å². The van der Waals surface area contributed by atoms with Crippen LogP contribution in [0.5, 0.6) is 0 Å². The number of aryl methyl sites for hydroxylation is 1. The van der Waals surface area contributed by atoms with E-state index in [4.69, 9.17) is 9.84 Å². The third-order valence-electron chi connectivity index (χ3n) is 4.67. The average Bonchev–Trinajstić information content (AvgIpc) is 3.16. The first-order valence-corrected chi connectivity index (χ1v) is 13.1. The molecule has 1 heterocycles. The second kappa shape index (κ2) is 11.5. The fourth-order valence-corrected chi connectivity index (χ4v) is 5.36. The lowest BCUT2D eigenvalue weighted by Crippen LogP contribution is -2.45. The number of unbranched alkanes of at least 4 members (excludes halogenated alkanes) is 1. The summed E-state index contributed by atoms with van der Waals surface area (Å²) in [6.45, 7) is 4.89. The molecule has 1 aromatic carbocycles. The average molecular weight is 536 g/mol. The number of ether oxygens (including phenoxy) is 1. The lowest BCUT2D eigenvalue weighted by Gasteiger charge is -2.24. The van der Waals surface area contributed by atoms with Gasteiger partial charge < -0.3 is 9.84 Å². The third kappa shape index (κ3) is 9.61. The van der Waals surface area contributed by atoms with Gasteiger partial charge in [0.1, 0.15) is 11.6 Å². The summed E-state index contributed by atoms with van der Waals surface area (Å²) < 4.78 is 71.8. The van der Waals surface area contributed by atoms with E-state index in [-0.39, 0.29) is 12.8 Å². The van der Waals surface area contributed by atoms with Gasteiger partial charge in [-0.3, -0.25) is 9.59 Å². The van der Waals surface area contributed by atoms with Gasteiger partial charge in [0.2, 0.25) is 10.0 Å². The van der Waals surface area contributed by atoms with Gasteiger partial charge in [-0.05, 0) is 76.4 Å². The number of nitrogens with one attached hydrogen (secondary N) is 1. The molecule has 0 saturated carbocycles. The molecule has 2 N–H and O–H groups in total. The monoisotopic (exact) mass is 535 g/mol. The number of rotatable bonds is 11. The highest BCUT2D eigenvalue weighted by molar-refractivity contribution is 7.89. The predicted molar refractivity (Wildman–Crippen MR) is 125 cm³/mol. The first-order chi connectivity index (χ1) is 16.1. The molecule has 0 saturated heterocycles. The molecule has 0 bridgehead atoms. The number of halogens is 3. The number of carbonyl (C=O) groups is 2. The largest absolute Gasteiger partial charge is 0.481 e. The van der Waals surface area contributed by atoms with Crippen molar-refractivity contribution >= 4 is 33.3 Å². The van der Waals surface area contributed by atoms with Crippen molar-refractivity contribution in [3.63, 3.8) is 0 Å². The molecule has 0 amide bonds. The van der Waals surface area contributed by atoms with Crippen LogP contribution in [0, 0.1) is 0 Å². The molecule has 7 nitrogen and oxygen atoms in total. The maximum atomic E-state index is 12.9. The van der Waals surface area contributed by atoms with Crippen molar-refractivity contribution in [2.45, 2.75) is 75.6 Å². The van der Waals surface area contributed by atoms with Gasteiger partial charge in [-0.25, -0.2) is 8.42 Å². The molecule has 0 aliphatic heterocycles. The Balaban J connectivity index is 2.19. The zero-order chi connectivity index (χ0) is 26.4. The second-order valence-corrected chi connectivity index (χ2v) is 11.9. The smallest absolute Gasteiger partial charge is 0.416 e. The van der Waals surface area contributed by atoms with Gasteiger partial charge in [-0.1, -0.05) is 0 Å². The van der Waals surface area contributed by atoms with E-state index in [9.17, 15) is 31.2 Å². The van der Waals surface area contributed by atoms with Crippen LogP contribution in [0.1, 0.15) is 55.4 Å². The van der Waals surface area contributed by atoms with E-state index in [0.717, 1.165) is 17.0 Å². The van der Waals surface area contributed by atoms with Crippen LogP contribution in [-0.4, -0.2) is 37.1 Å². The van der Waals surface area contributed by atoms with E-state index in [0.29, 0.717) is 36.3 Å². The fourth-order valence-electron chi connectivity index (χ4n) is 3.07. The Hall–Kier alpha value is -2.44. The maximum Gasteiger partial charge on any atom is 0.416 e. The van der Waals surface area contributed by atoms with Crippen molar-refractivity contribution in [2.75, 3.05) is 0 Å². The van der Waals surface area contributed by atoms with Crippen molar-refractivity contribution < 1.29 is 41.0 Å². The number of alkyl halides is 3. The Labute approximate surface area is 206 Å². The Morgan fingerprint density at radius 1 is 1.03 bits per heavy atom. The summed E-state index contributed by atoms with van der Waals surface area (Å²) in [5.74, 6) is -1.68. The number of hydrogen-bond acceptors (Lipinski definition) is 6. The SMILES string of the molecule is CC(C)(C)OC(=O)[C@H](Cc1ccc(CCCCC(=O)O)s1)NS(=O)(=O)c1ccc(C(F)(F)F)cc1. The van der Waals surface area contributed by atoms with E-state index < -0.39 is 50.2 Å². The highest BCUT2D eigenvalue weighted by Crippen LogP contribution is 2.30. The van der Waals surface area contributed by atoms with Crippen molar-refractivity contribution in [1.82, 2.24) is 4.72 Å². The van der Waals surface area contributed by atoms with Crippen LogP contribution in [0.4, 0.5) is 13.2 Å². The Morgan fingerprint density at radius 3 is 2.17 bits per heavy atom. The standard InChI is InChI=1S/C23H28F3NO6S2/c1-22(2,3)33-21(30)19(14-17-11-10-16(34-17)6-4-5-7-20(28)29)27-35(31,32)18-12-8-15(9-13-18)23(24,25)26/h8-13,19,27H,4-7,14H2,1-3H3,(H,28,29)/t19-/m0/s1. The summed E-state index contributed by atoms with van der Waals surface area (Å²) in [7, 11) is -4.33. The number of sulfonamides is 1. The molecule has 1 atom stereocenters. The number of carboxylic acids is 1. The minimum atomic E-state index is -4.61. The third-order valence-corrected chi connectivity index (χ3v) is 7.32. The molecule has 0 aliphatic rings. The molecule has 0 radical (unpaired) electrons. The first-order valence-electron chi connectivity index (χ1n) is 10.8. The number of hydrogen-bond donors (Lipinski definition) is 2. The molecule has 35 heavy (non-hydrogen) atoms. The number of carbonyl (C=O) groups excluding carboxylic acids is 1. The van der Waals surface area contributed by atoms with Crippen LogP contribution in [0.3, 0.4) is 0 Å². The highest BCUT2D eigenvalue weighted by atomic mass is 32.2. The van der Waals surface area contributed by atoms with Crippen LogP contribution >= 0.6 is 11.3 Å². The summed E-state index contributed by atoms with van der Waals surface area (Å²) in [6, 6.07) is 5.26. The van der Waals surface area contributed by atoms with Gasteiger partial charge in [0.15, 0.2) is 0 Å². The van der Waals surface area contributed by atoms with Crippen molar-refractivity contribution in [2.24, 2.45) is 0 Å². The van der Waals surface area contributed by atoms with E-state index >= 15 is 0 Å². The summed E-state index contributed by atoms with van der Waals surface area (Å²) in [6.07, 6.45) is -2.72. The van der Waals surface area contributed by atoms with E-state index in [1.807, 2.05) is 6.07 Å². The van der Waals surface area contributed by atoms with Gasteiger partial charge in [0, 0.05) is 22.6 Å². The Bertz CT molecular complexity index is 1120. The molecule has 0 fully saturated rings. The Morgan fingerprint density at radius 2 is 1.63 bits per heavy atom. The normalized spacial score (nSPS) is 13.4. The first kappa shape index (κ1) is 28.8.